The van der Waals surface area contributed by atoms with E-state index in [-0.39, 0.29) is 28.0 Å². The second-order valence-electron chi connectivity index (χ2n) is 8.41. The van der Waals surface area contributed by atoms with Crippen molar-refractivity contribution in [3.8, 4) is 11.5 Å². The van der Waals surface area contributed by atoms with Crippen molar-refractivity contribution in [2.24, 2.45) is 0 Å². The van der Waals surface area contributed by atoms with Gasteiger partial charge in [-0.05, 0) is 70.5 Å². The van der Waals surface area contributed by atoms with Gasteiger partial charge in [0, 0.05) is 0 Å². The molecule has 2 amide bonds. The first-order valence-electron chi connectivity index (χ1n) is 11.5. The fourth-order valence-corrected chi connectivity index (χ4v) is 4.67. The lowest BCUT2D eigenvalue weighted by Gasteiger charge is -2.29. The smallest absolute Gasteiger partial charge is 0.270 e. The number of nitrogens with one attached hydrogen (secondary N) is 1. The Hall–Kier alpha value is -4.27. The van der Waals surface area contributed by atoms with E-state index >= 15 is 0 Å². The van der Waals surface area contributed by atoms with E-state index < -0.39 is 17.6 Å². The summed E-state index contributed by atoms with van der Waals surface area (Å²) in [6, 6.07) is 22.8. The molecule has 1 heterocycles. The van der Waals surface area contributed by atoms with Crippen molar-refractivity contribution in [3.63, 3.8) is 0 Å². The average Bonchev–Trinajstić information content (AvgIpc) is 2.91. The highest BCUT2D eigenvalue weighted by molar-refractivity contribution is 7.80. The van der Waals surface area contributed by atoms with Crippen molar-refractivity contribution in [2.45, 2.75) is 6.61 Å². The number of anilines is 1. The molecule has 1 aliphatic heterocycles. The summed E-state index contributed by atoms with van der Waals surface area (Å²) in [5.74, 6) is -1.50. The second-order valence-corrected chi connectivity index (χ2v) is 9.21. The molecule has 0 spiro atoms. The molecule has 190 valence electrons. The first-order valence-corrected chi connectivity index (χ1v) is 12.3. The average molecular weight is 547 g/mol. The lowest BCUT2D eigenvalue weighted by atomic mass is 10.1. The van der Waals surface area contributed by atoms with Crippen LogP contribution in [0.15, 0.2) is 84.4 Å². The zero-order chi connectivity index (χ0) is 26.8. The molecule has 0 atom stereocenters. The van der Waals surface area contributed by atoms with Crippen LogP contribution in [0.25, 0.3) is 16.8 Å². The highest BCUT2D eigenvalue weighted by Crippen LogP contribution is 2.38. The summed E-state index contributed by atoms with van der Waals surface area (Å²) >= 11 is 11.7. The maximum absolute atomic E-state index is 14.4. The minimum Gasteiger partial charge on any atom is -0.493 e. The number of hydrogen-bond donors (Lipinski definition) is 1. The lowest BCUT2D eigenvalue weighted by molar-refractivity contribution is -0.122. The van der Waals surface area contributed by atoms with Gasteiger partial charge in [0.2, 0.25) is 0 Å². The number of hydrogen-bond acceptors (Lipinski definition) is 5. The number of nitrogens with zero attached hydrogens (tertiary/aromatic N) is 1. The van der Waals surface area contributed by atoms with Crippen molar-refractivity contribution in [3.05, 3.63) is 106 Å². The molecule has 6 nitrogen and oxygen atoms in total. The molecule has 1 N–H and O–H groups in total. The van der Waals surface area contributed by atoms with Crippen LogP contribution in [0.3, 0.4) is 0 Å². The van der Waals surface area contributed by atoms with Gasteiger partial charge in [-0.15, -0.1) is 0 Å². The maximum atomic E-state index is 14.4. The summed E-state index contributed by atoms with van der Waals surface area (Å²) < 4.78 is 25.9. The summed E-state index contributed by atoms with van der Waals surface area (Å²) in [6.45, 7) is 0.247. The van der Waals surface area contributed by atoms with Gasteiger partial charge in [0.15, 0.2) is 16.6 Å². The number of carbonyl (C=O) groups excluding carboxylic acids is 2. The van der Waals surface area contributed by atoms with Crippen LogP contribution in [0, 0.1) is 5.82 Å². The van der Waals surface area contributed by atoms with Crippen molar-refractivity contribution < 1.29 is 23.5 Å². The van der Waals surface area contributed by atoms with E-state index in [1.807, 2.05) is 42.5 Å². The van der Waals surface area contributed by atoms with Crippen LogP contribution in [-0.4, -0.2) is 24.0 Å². The Morgan fingerprint density at radius 3 is 2.50 bits per heavy atom. The molecule has 0 saturated carbocycles. The second kappa shape index (κ2) is 10.6. The molecule has 1 aliphatic rings. The number of methoxy groups -OCH3 is 1. The Labute approximate surface area is 228 Å². The standard InChI is InChI=1S/C29H20ClFN2O4S/c1-36-25-15-18(13-21-27(34)32-29(38)33(28(21)35)24-9-5-4-8-23(24)31)14-22(30)26(25)37-16-17-10-11-19-6-2-3-7-20(19)12-17/h2-15H,16H2,1H3,(H,32,34,38)/b21-13+. The highest BCUT2D eigenvalue weighted by Gasteiger charge is 2.35. The summed E-state index contributed by atoms with van der Waals surface area (Å²) in [7, 11) is 1.46. The van der Waals surface area contributed by atoms with Crippen molar-refractivity contribution >= 4 is 63.3 Å². The Morgan fingerprint density at radius 1 is 1.00 bits per heavy atom. The quantitative estimate of drug-likeness (QED) is 0.181. The molecule has 4 aromatic carbocycles. The molecule has 0 aromatic heterocycles. The molecule has 0 radical (unpaired) electrons. The predicted octanol–water partition coefficient (Wildman–Crippen LogP) is 6.05. The number of halogens is 2. The zero-order valence-corrected chi connectivity index (χ0v) is 21.6. The number of para-hydroxylation sites is 1. The van der Waals surface area contributed by atoms with Gasteiger partial charge in [-0.25, -0.2) is 9.29 Å². The van der Waals surface area contributed by atoms with Gasteiger partial charge in [-0.1, -0.05) is 60.1 Å². The molecule has 0 unspecified atom stereocenters. The third-order valence-corrected chi connectivity index (χ3v) is 6.52. The topological polar surface area (TPSA) is 67.9 Å². The first-order chi connectivity index (χ1) is 18.4. The van der Waals surface area contributed by atoms with E-state index in [2.05, 4.69) is 5.32 Å². The number of ether oxygens (including phenoxy) is 2. The molecule has 0 bridgehead atoms. The number of carbonyl (C=O) groups is 2. The summed E-state index contributed by atoms with van der Waals surface area (Å²) in [6.07, 6.45) is 1.34. The molecule has 9 heteroatoms. The predicted molar refractivity (Wildman–Crippen MR) is 149 cm³/mol. The Bertz CT molecular complexity index is 1640. The zero-order valence-electron chi connectivity index (χ0n) is 20.0. The van der Waals surface area contributed by atoms with E-state index in [0.29, 0.717) is 17.1 Å². The molecule has 1 saturated heterocycles. The van der Waals surface area contributed by atoms with E-state index in [1.54, 1.807) is 18.2 Å². The van der Waals surface area contributed by atoms with Crippen LogP contribution in [-0.2, 0) is 16.2 Å². The molecule has 38 heavy (non-hydrogen) atoms. The normalized spacial score (nSPS) is 14.7. The monoisotopic (exact) mass is 546 g/mol. The van der Waals surface area contributed by atoms with Crippen LogP contribution in [0.1, 0.15) is 11.1 Å². The van der Waals surface area contributed by atoms with Crippen LogP contribution >= 0.6 is 23.8 Å². The fourth-order valence-electron chi connectivity index (χ4n) is 4.12. The van der Waals surface area contributed by atoms with Crippen molar-refractivity contribution in [1.29, 1.82) is 0 Å². The number of thiocarbonyl (C=S) groups is 1. The minimum atomic E-state index is -0.768. The fraction of sp³-hybridized carbons (Fsp3) is 0.0690. The maximum Gasteiger partial charge on any atom is 0.270 e. The molecular formula is C29H20ClFN2O4S. The van der Waals surface area contributed by atoms with Gasteiger partial charge in [-0.3, -0.25) is 14.9 Å². The van der Waals surface area contributed by atoms with Gasteiger partial charge in [0.25, 0.3) is 11.8 Å². The molecule has 4 aromatic rings. The van der Waals surface area contributed by atoms with Gasteiger partial charge in [0.1, 0.15) is 18.0 Å². The van der Waals surface area contributed by atoms with Gasteiger partial charge in [0.05, 0.1) is 17.8 Å². The largest absolute Gasteiger partial charge is 0.493 e. The molecular weight excluding hydrogens is 527 g/mol. The Morgan fingerprint density at radius 2 is 1.74 bits per heavy atom. The molecule has 1 fully saturated rings. The van der Waals surface area contributed by atoms with Crippen molar-refractivity contribution in [1.82, 2.24) is 5.32 Å². The number of benzene rings is 4. The van der Waals surface area contributed by atoms with E-state index in [1.165, 1.54) is 31.4 Å². The van der Waals surface area contributed by atoms with Crippen LogP contribution < -0.4 is 19.7 Å². The van der Waals surface area contributed by atoms with E-state index in [4.69, 9.17) is 33.3 Å². The third-order valence-electron chi connectivity index (χ3n) is 5.95. The van der Waals surface area contributed by atoms with Gasteiger partial charge in [-0.2, -0.15) is 0 Å². The van der Waals surface area contributed by atoms with Crippen molar-refractivity contribution in [2.75, 3.05) is 12.0 Å². The number of amides is 2. The highest BCUT2D eigenvalue weighted by atomic mass is 35.5. The van der Waals surface area contributed by atoms with Crippen LogP contribution in [0.2, 0.25) is 5.02 Å². The summed E-state index contributed by atoms with van der Waals surface area (Å²) in [4.78, 5) is 26.8. The number of rotatable bonds is 6. The third kappa shape index (κ3) is 4.96. The first kappa shape index (κ1) is 25.4. The molecule has 0 aliphatic carbocycles. The molecule has 5 rings (SSSR count). The summed E-state index contributed by atoms with van der Waals surface area (Å²) in [5, 5.41) is 4.66. The SMILES string of the molecule is COc1cc(/C=C2\C(=O)NC(=S)N(c3ccccc3F)C2=O)cc(Cl)c1OCc1ccc2ccccc2c1. The Balaban J connectivity index is 1.43. The van der Waals surface area contributed by atoms with Gasteiger partial charge < -0.3 is 9.47 Å². The van der Waals surface area contributed by atoms with Crippen LogP contribution in [0.5, 0.6) is 11.5 Å². The van der Waals surface area contributed by atoms with Gasteiger partial charge >= 0.3 is 0 Å². The van der Waals surface area contributed by atoms with E-state index in [0.717, 1.165) is 21.2 Å². The Kier molecular flexibility index (Phi) is 7.09. The lowest BCUT2D eigenvalue weighted by Crippen LogP contribution is -2.54. The summed E-state index contributed by atoms with van der Waals surface area (Å²) in [5.41, 5.74) is 1.04. The van der Waals surface area contributed by atoms with E-state index in [9.17, 15) is 14.0 Å². The number of fused-ring (bicyclic) bond motifs is 1. The van der Waals surface area contributed by atoms with Crippen LogP contribution in [0.4, 0.5) is 10.1 Å². The minimum absolute atomic E-state index is 0.0681.